The van der Waals surface area contributed by atoms with Gasteiger partial charge in [-0.3, -0.25) is 0 Å². The summed E-state index contributed by atoms with van der Waals surface area (Å²) in [6.07, 6.45) is 3.33. The molecule has 2 nitrogen and oxygen atoms in total. The largest absolute Gasteiger partial charge is 0.345 e. The lowest BCUT2D eigenvalue weighted by Crippen LogP contribution is -2.57. The summed E-state index contributed by atoms with van der Waals surface area (Å²) in [6, 6.07) is 0. The monoisotopic (exact) mass is 418 g/mol. The number of fused-ring (bicyclic) bond motifs is 1. The number of nitrogens with zero attached hydrogens (tertiary/aromatic N) is 1. The first kappa shape index (κ1) is 16.9. The van der Waals surface area contributed by atoms with Crippen molar-refractivity contribution in [3.8, 4) is 0 Å². The van der Waals surface area contributed by atoms with E-state index in [1.807, 2.05) is 6.20 Å². The Balaban J connectivity index is 2.95. The Labute approximate surface area is 141 Å². The Hall–Kier alpha value is -0.433. The van der Waals surface area contributed by atoms with E-state index in [-0.39, 0.29) is 5.82 Å². The van der Waals surface area contributed by atoms with Gasteiger partial charge in [-0.2, -0.15) is 0 Å². The van der Waals surface area contributed by atoms with Crippen molar-refractivity contribution in [1.29, 1.82) is 0 Å². The molecule has 0 spiro atoms. The van der Waals surface area contributed by atoms with Crippen molar-refractivity contribution in [2.24, 2.45) is 0 Å². The summed E-state index contributed by atoms with van der Waals surface area (Å²) in [5.41, 5.74) is 2.24. The highest BCUT2D eigenvalue weighted by atomic mass is 127. The zero-order chi connectivity index (χ0) is 15.9. The second-order valence-corrected chi connectivity index (χ2v) is 13.7. The van der Waals surface area contributed by atoms with Crippen LogP contribution in [-0.2, 0) is 0 Å². The molecule has 0 atom stereocenters. The number of halogens is 2. The molecule has 116 valence electrons. The first-order valence-electron chi connectivity index (χ1n) is 7.56. The maximum atomic E-state index is 14.9. The van der Waals surface area contributed by atoms with Gasteiger partial charge in [0.15, 0.2) is 0 Å². The minimum Gasteiger partial charge on any atom is -0.345 e. The van der Waals surface area contributed by atoms with E-state index < -0.39 is 8.07 Å². The lowest BCUT2D eigenvalue weighted by molar-refractivity contribution is 0.628. The van der Waals surface area contributed by atoms with Crippen molar-refractivity contribution >= 4 is 46.9 Å². The van der Waals surface area contributed by atoms with Gasteiger partial charge in [-0.15, -0.1) is 0 Å². The van der Waals surface area contributed by atoms with Crippen LogP contribution in [-0.4, -0.2) is 18.0 Å². The van der Waals surface area contributed by atoms with E-state index in [4.69, 9.17) is 0 Å². The Morgan fingerprint density at radius 2 is 1.62 bits per heavy atom. The van der Waals surface area contributed by atoms with Crippen LogP contribution >= 0.6 is 22.6 Å². The van der Waals surface area contributed by atoms with Gasteiger partial charge < -0.3 is 4.98 Å². The molecule has 0 aliphatic carbocycles. The average molecular weight is 418 g/mol. The van der Waals surface area contributed by atoms with E-state index in [0.717, 1.165) is 19.8 Å². The van der Waals surface area contributed by atoms with Gasteiger partial charge in [0.25, 0.3) is 0 Å². The van der Waals surface area contributed by atoms with Crippen LogP contribution in [0.2, 0.25) is 16.6 Å². The predicted octanol–water partition coefficient (Wildman–Crippen LogP) is 5.19. The Kier molecular flexibility index (Phi) is 4.83. The molecule has 2 heterocycles. The summed E-state index contributed by atoms with van der Waals surface area (Å²) in [4.78, 5) is 7.42. The summed E-state index contributed by atoms with van der Waals surface area (Å²) in [5.74, 6) is -0.122. The maximum Gasteiger partial charge on any atom is 0.141 e. The summed E-state index contributed by atoms with van der Waals surface area (Å²) in [5, 5.41) is 1.98. The Bertz CT molecular complexity index is 627. The lowest BCUT2D eigenvalue weighted by atomic mass is 10.3. The highest BCUT2D eigenvalue weighted by Gasteiger charge is 2.47. The minimum atomic E-state index is -2.05. The summed E-state index contributed by atoms with van der Waals surface area (Å²) in [6.45, 7) is 13.6. The topological polar surface area (TPSA) is 28.7 Å². The van der Waals surface area contributed by atoms with Crippen LogP contribution in [0.15, 0.2) is 12.4 Å². The molecule has 0 bridgehead atoms. The molecule has 0 radical (unpaired) electrons. The zero-order valence-corrected chi connectivity index (χ0v) is 16.7. The van der Waals surface area contributed by atoms with Crippen molar-refractivity contribution in [1.82, 2.24) is 9.97 Å². The number of H-pyrrole nitrogens is 1. The molecule has 2 aromatic heterocycles. The molecule has 21 heavy (non-hydrogen) atoms. The molecule has 5 heteroatoms. The molecule has 0 saturated carbocycles. The van der Waals surface area contributed by atoms with Crippen LogP contribution in [0.3, 0.4) is 0 Å². The molecule has 0 unspecified atom stereocenters. The van der Waals surface area contributed by atoms with E-state index in [1.54, 1.807) is 0 Å². The van der Waals surface area contributed by atoms with E-state index in [9.17, 15) is 4.39 Å². The summed E-state index contributed by atoms with van der Waals surface area (Å²) >= 11 is 2.29. The first-order valence-corrected chi connectivity index (χ1v) is 10.9. The number of aromatic nitrogens is 2. The highest BCUT2D eigenvalue weighted by molar-refractivity contribution is 14.1. The number of aromatic amines is 1. The maximum absolute atomic E-state index is 14.9. The Morgan fingerprint density at radius 1 is 1.10 bits per heavy atom. The molecule has 0 aliphatic rings. The summed E-state index contributed by atoms with van der Waals surface area (Å²) < 4.78 is 16.0. The summed E-state index contributed by atoms with van der Waals surface area (Å²) in [7, 11) is -2.05. The van der Waals surface area contributed by atoms with Crippen molar-refractivity contribution < 1.29 is 4.39 Å². The van der Waals surface area contributed by atoms with Crippen molar-refractivity contribution in [2.45, 2.75) is 58.2 Å². The van der Waals surface area contributed by atoms with Gasteiger partial charge >= 0.3 is 0 Å². The Morgan fingerprint density at radius 3 is 2.10 bits per heavy atom. The van der Waals surface area contributed by atoms with Crippen LogP contribution in [0.4, 0.5) is 4.39 Å². The second kappa shape index (κ2) is 5.99. The first-order chi connectivity index (χ1) is 9.74. The van der Waals surface area contributed by atoms with Crippen LogP contribution < -0.4 is 5.19 Å². The second-order valence-electron chi connectivity index (χ2n) is 6.74. The molecule has 2 rings (SSSR count). The smallest absolute Gasteiger partial charge is 0.141 e. The molecule has 0 amide bonds. The normalized spacial score (nSPS) is 13.1. The third kappa shape index (κ3) is 2.46. The predicted molar refractivity (Wildman–Crippen MR) is 99.5 cm³/mol. The van der Waals surface area contributed by atoms with Crippen molar-refractivity contribution in [3.63, 3.8) is 0 Å². The van der Waals surface area contributed by atoms with Gasteiger partial charge in [0, 0.05) is 15.2 Å². The molecule has 0 fully saturated rings. The number of hydrogen-bond acceptors (Lipinski definition) is 1. The van der Waals surface area contributed by atoms with Crippen LogP contribution in [0.25, 0.3) is 11.0 Å². The average Bonchev–Trinajstić information content (AvgIpc) is 2.73. The molecule has 0 aromatic carbocycles. The van der Waals surface area contributed by atoms with Gasteiger partial charge in [-0.25, -0.2) is 9.37 Å². The molecular weight excluding hydrogens is 394 g/mol. The van der Waals surface area contributed by atoms with Crippen LogP contribution in [0.5, 0.6) is 0 Å². The van der Waals surface area contributed by atoms with E-state index in [0.29, 0.717) is 16.6 Å². The fraction of sp³-hybridized carbons (Fsp3) is 0.562. The van der Waals surface area contributed by atoms with Gasteiger partial charge in [0.05, 0.1) is 14.3 Å². The van der Waals surface area contributed by atoms with Crippen molar-refractivity contribution in [2.75, 3.05) is 0 Å². The number of pyridine rings is 1. The highest BCUT2D eigenvalue weighted by Crippen LogP contribution is 2.43. The number of hydrogen-bond donors (Lipinski definition) is 1. The van der Waals surface area contributed by atoms with Crippen molar-refractivity contribution in [3.05, 3.63) is 21.8 Å². The lowest BCUT2D eigenvalue weighted by Gasteiger charge is -2.44. The number of nitrogens with one attached hydrogen (secondary N) is 1. The van der Waals surface area contributed by atoms with Crippen LogP contribution in [0.1, 0.15) is 41.5 Å². The van der Waals surface area contributed by atoms with E-state index in [2.05, 4.69) is 74.1 Å². The molecule has 2 aromatic rings. The zero-order valence-electron chi connectivity index (χ0n) is 13.6. The SMILES string of the molecule is CC(C)[Si](c1c(F)cnc2[nH]cc(I)c12)(C(C)C)C(C)C. The minimum absolute atomic E-state index is 0.122. The molecular formula is C16H24FIN2Si. The van der Waals surface area contributed by atoms with Gasteiger partial charge in [-0.1, -0.05) is 41.5 Å². The van der Waals surface area contributed by atoms with Gasteiger partial charge in [0.1, 0.15) is 11.5 Å². The number of rotatable bonds is 4. The third-order valence-electron chi connectivity index (χ3n) is 4.91. The van der Waals surface area contributed by atoms with Crippen LogP contribution in [0, 0.1) is 9.39 Å². The fourth-order valence-electron chi connectivity index (χ4n) is 4.32. The molecule has 1 N–H and O–H groups in total. The fourth-order valence-corrected chi connectivity index (χ4v) is 12.2. The van der Waals surface area contributed by atoms with E-state index >= 15 is 0 Å². The standard InChI is InChI=1S/C16H24FIN2Si/c1-9(2)21(10(3)4,11(5)6)15-12(17)7-19-16-14(15)13(18)8-20-16/h7-11H,1-6H3,(H,19,20). The molecule has 0 aliphatic heterocycles. The quantitative estimate of drug-likeness (QED) is 0.537. The third-order valence-corrected chi connectivity index (χ3v) is 12.8. The van der Waals surface area contributed by atoms with Gasteiger partial charge in [-0.05, 0) is 44.4 Å². The molecule has 0 saturated heterocycles. The van der Waals surface area contributed by atoms with Gasteiger partial charge in [0.2, 0.25) is 0 Å². The van der Waals surface area contributed by atoms with E-state index in [1.165, 1.54) is 6.20 Å².